The van der Waals surface area contributed by atoms with Crippen molar-refractivity contribution in [1.82, 2.24) is 5.32 Å². The molecular formula is C12H16N2. The van der Waals surface area contributed by atoms with E-state index in [1.807, 2.05) is 24.3 Å². The van der Waals surface area contributed by atoms with Crippen LogP contribution in [0.1, 0.15) is 30.9 Å². The minimum atomic E-state index is 0.775. The first-order chi connectivity index (χ1) is 6.88. The van der Waals surface area contributed by atoms with Crippen LogP contribution < -0.4 is 5.32 Å². The molecule has 74 valence electrons. The van der Waals surface area contributed by atoms with E-state index in [9.17, 15) is 0 Å². The number of nitriles is 1. The number of nitrogens with zero attached hydrogens (tertiary/aromatic N) is 1. The van der Waals surface area contributed by atoms with E-state index >= 15 is 0 Å². The lowest BCUT2D eigenvalue weighted by molar-refractivity contribution is 0.641. The molecule has 0 spiro atoms. The number of benzene rings is 1. The van der Waals surface area contributed by atoms with Crippen LogP contribution in [0.2, 0.25) is 0 Å². The quantitative estimate of drug-likeness (QED) is 0.720. The fraction of sp³-hybridized carbons (Fsp3) is 0.417. The van der Waals surface area contributed by atoms with Crippen molar-refractivity contribution in [3.05, 3.63) is 35.4 Å². The summed E-state index contributed by atoms with van der Waals surface area (Å²) in [5.74, 6) is 0. The number of nitrogens with one attached hydrogen (secondary N) is 1. The third-order valence-electron chi connectivity index (χ3n) is 2.16. The lowest BCUT2D eigenvalue weighted by atomic mass is 10.1. The van der Waals surface area contributed by atoms with Gasteiger partial charge < -0.3 is 5.32 Å². The minimum absolute atomic E-state index is 0.775. The molecule has 0 aliphatic rings. The van der Waals surface area contributed by atoms with Gasteiger partial charge in [0.05, 0.1) is 11.6 Å². The predicted molar refractivity (Wildman–Crippen MR) is 57.8 cm³/mol. The molecule has 0 fully saturated rings. The van der Waals surface area contributed by atoms with Crippen molar-refractivity contribution in [3.8, 4) is 6.07 Å². The Kier molecular flexibility index (Phi) is 4.74. The molecule has 0 unspecified atom stereocenters. The maximum atomic E-state index is 8.84. The normalized spacial score (nSPS) is 9.71. The molecule has 2 nitrogen and oxygen atoms in total. The maximum Gasteiger partial charge on any atom is 0.0995 e. The number of unbranched alkanes of at least 4 members (excludes halogenated alkanes) is 1. The SMILES string of the molecule is CCCCNCc1ccccc1C#N. The Morgan fingerprint density at radius 1 is 1.36 bits per heavy atom. The zero-order valence-corrected chi connectivity index (χ0v) is 8.59. The zero-order valence-electron chi connectivity index (χ0n) is 8.59. The van der Waals surface area contributed by atoms with Crippen LogP contribution in [0.25, 0.3) is 0 Å². The van der Waals surface area contributed by atoms with E-state index in [0.29, 0.717) is 0 Å². The molecular weight excluding hydrogens is 172 g/mol. The van der Waals surface area contributed by atoms with Crippen LogP contribution in [0, 0.1) is 11.3 Å². The number of rotatable bonds is 5. The van der Waals surface area contributed by atoms with Gasteiger partial charge in [-0.1, -0.05) is 31.5 Å². The van der Waals surface area contributed by atoms with E-state index < -0.39 is 0 Å². The summed E-state index contributed by atoms with van der Waals surface area (Å²) in [6, 6.07) is 9.92. The lowest BCUT2D eigenvalue weighted by Gasteiger charge is -2.05. The standard InChI is InChI=1S/C12H16N2/c1-2-3-8-14-10-12-7-5-4-6-11(12)9-13/h4-7,14H,2-3,8,10H2,1H3. The van der Waals surface area contributed by atoms with Crippen LogP contribution in [0.3, 0.4) is 0 Å². The molecule has 0 aliphatic heterocycles. The summed E-state index contributed by atoms with van der Waals surface area (Å²) in [4.78, 5) is 0. The Balaban J connectivity index is 2.46. The van der Waals surface area contributed by atoms with E-state index in [2.05, 4.69) is 18.3 Å². The van der Waals surface area contributed by atoms with Gasteiger partial charge in [0.15, 0.2) is 0 Å². The van der Waals surface area contributed by atoms with Gasteiger partial charge in [-0.15, -0.1) is 0 Å². The summed E-state index contributed by atoms with van der Waals surface area (Å²) in [5.41, 5.74) is 1.86. The van der Waals surface area contributed by atoms with Gasteiger partial charge in [0.25, 0.3) is 0 Å². The molecule has 0 saturated carbocycles. The average Bonchev–Trinajstić information content (AvgIpc) is 2.25. The minimum Gasteiger partial charge on any atom is -0.313 e. The van der Waals surface area contributed by atoms with Crippen LogP contribution in [0.15, 0.2) is 24.3 Å². The molecule has 0 saturated heterocycles. The topological polar surface area (TPSA) is 35.8 Å². The first-order valence-corrected chi connectivity index (χ1v) is 5.07. The van der Waals surface area contributed by atoms with Crippen molar-refractivity contribution < 1.29 is 0 Å². The van der Waals surface area contributed by atoms with E-state index in [-0.39, 0.29) is 0 Å². The summed E-state index contributed by atoms with van der Waals surface area (Å²) >= 11 is 0. The van der Waals surface area contributed by atoms with Gasteiger partial charge in [0.1, 0.15) is 0 Å². The van der Waals surface area contributed by atoms with E-state index in [4.69, 9.17) is 5.26 Å². The van der Waals surface area contributed by atoms with Gasteiger partial charge in [-0.2, -0.15) is 5.26 Å². The van der Waals surface area contributed by atoms with Crippen molar-refractivity contribution in [2.75, 3.05) is 6.54 Å². The molecule has 1 rings (SSSR count). The molecule has 0 amide bonds. The second-order valence-electron chi connectivity index (χ2n) is 3.30. The highest BCUT2D eigenvalue weighted by Gasteiger charge is 1.98. The summed E-state index contributed by atoms with van der Waals surface area (Å²) in [6.07, 6.45) is 2.39. The Hall–Kier alpha value is -1.33. The molecule has 0 aromatic heterocycles. The predicted octanol–water partition coefficient (Wildman–Crippen LogP) is 2.45. The fourth-order valence-corrected chi connectivity index (χ4v) is 1.31. The Morgan fingerprint density at radius 2 is 2.14 bits per heavy atom. The highest BCUT2D eigenvalue weighted by atomic mass is 14.8. The van der Waals surface area contributed by atoms with E-state index in [1.54, 1.807) is 0 Å². The van der Waals surface area contributed by atoms with Gasteiger partial charge >= 0.3 is 0 Å². The van der Waals surface area contributed by atoms with Gasteiger partial charge in [0.2, 0.25) is 0 Å². The van der Waals surface area contributed by atoms with E-state index in [1.165, 1.54) is 12.8 Å². The Morgan fingerprint density at radius 3 is 2.86 bits per heavy atom. The summed E-state index contributed by atoms with van der Waals surface area (Å²) in [5, 5.41) is 12.2. The summed E-state index contributed by atoms with van der Waals surface area (Å²) in [6.45, 7) is 3.99. The van der Waals surface area contributed by atoms with Crippen LogP contribution in [-0.4, -0.2) is 6.54 Å². The van der Waals surface area contributed by atoms with Crippen molar-refractivity contribution in [1.29, 1.82) is 5.26 Å². The van der Waals surface area contributed by atoms with Gasteiger partial charge in [-0.05, 0) is 24.6 Å². The summed E-state index contributed by atoms with van der Waals surface area (Å²) < 4.78 is 0. The Labute approximate surface area is 85.6 Å². The Bertz CT molecular complexity index is 312. The summed E-state index contributed by atoms with van der Waals surface area (Å²) in [7, 11) is 0. The van der Waals surface area contributed by atoms with Crippen molar-refractivity contribution >= 4 is 0 Å². The molecule has 0 atom stereocenters. The highest BCUT2D eigenvalue weighted by Crippen LogP contribution is 2.06. The van der Waals surface area contributed by atoms with Crippen LogP contribution in [-0.2, 0) is 6.54 Å². The van der Waals surface area contributed by atoms with Gasteiger partial charge in [0, 0.05) is 6.54 Å². The highest BCUT2D eigenvalue weighted by molar-refractivity contribution is 5.37. The molecule has 1 aromatic rings. The fourth-order valence-electron chi connectivity index (χ4n) is 1.31. The molecule has 1 aromatic carbocycles. The number of hydrogen-bond acceptors (Lipinski definition) is 2. The molecule has 14 heavy (non-hydrogen) atoms. The molecule has 1 N–H and O–H groups in total. The molecule has 2 heteroatoms. The van der Waals surface area contributed by atoms with Crippen LogP contribution in [0.4, 0.5) is 0 Å². The van der Waals surface area contributed by atoms with Crippen molar-refractivity contribution in [2.45, 2.75) is 26.3 Å². The molecule has 0 aliphatic carbocycles. The zero-order chi connectivity index (χ0) is 10.2. The molecule has 0 bridgehead atoms. The largest absolute Gasteiger partial charge is 0.313 e. The third kappa shape index (κ3) is 3.20. The molecule has 0 radical (unpaired) electrons. The van der Waals surface area contributed by atoms with Crippen molar-refractivity contribution in [3.63, 3.8) is 0 Å². The second kappa shape index (κ2) is 6.17. The van der Waals surface area contributed by atoms with Crippen LogP contribution in [0.5, 0.6) is 0 Å². The van der Waals surface area contributed by atoms with Crippen molar-refractivity contribution in [2.24, 2.45) is 0 Å². The second-order valence-corrected chi connectivity index (χ2v) is 3.30. The first kappa shape index (κ1) is 10.7. The first-order valence-electron chi connectivity index (χ1n) is 5.07. The monoisotopic (exact) mass is 188 g/mol. The van der Waals surface area contributed by atoms with E-state index in [0.717, 1.165) is 24.2 Å². The van der Waals surface area contributed by atoms with Crippen LogP contribution >= 0.6 is 0 Å². The van der Waals surface area contributed by atoms with Gasteiger partial charge in [-0.25, -0.2) is 0 Å². The molecule has 0 heterocycles. The third-order valence-corrected chi connectivity index (χ3v) is 2.16. The maximum absolute atomic E-state index is 8.84. The lowest BCUT2D eigenvalue weighted by Crippen LogP contribution is -2.15. The number of hydrogen-bond donors (Lipinski definition) is 1. The smallest absolute Gasteiger partial charge is 0.0995 e. The average molecular weight is 188 g/mol. The van der Waals surface area contributed by atoms with Gasteiger partial charge in [-0.3, -0.25) is 0 Å².